The number of fused-ring (bicyclic) bond motifs is 1. The molecule has 5 nitrogen and oxygen atoms in total. The molecule has 1 atom stereocenters. The molecular formula is C17H22N2O3. The van der Waals surface area contributed by atoms with Crippen LogP contribution in [0.2, 0.25) is 0 Å². The van der Waals surface area contributed by atoms with Crippen LogP contribution in [0.1, 0.15) is 18.9 Å². The highest BCUT2D eigenvalue weighted by Gasteiger charge is 2.30. The largest absolute Gasteiger partial charge is 0.492 e. The Kier molecular flexibility index (Phi) is 4.32. The average Bonchev–Trinajstić information content (AvgIpc) is 2.80. The molecule has 2 heterocycles. The summed E-state index contributed by atoms with van der Waals surface area (Å²) in [6.07, 6.45) is 1.58. The van der Waals surface area contributed by atoms with Crippen LogP contribution in [0.4, 0.5) is 0 Å². The average molecular weight is 302 g/mol. The van der Waals surface area contributed by atoms with Crippen LogP contribution in [0.3, 0.4) is 0 Å². The zero-order valence-electron chi connectivity index (χ0n) is 13.0. The maximum Gasteiger partial charge on any atom is 0.229 e. The summed E-state index contributed by atoms with van der Waals surface area (Å²) in [7, 11) is 0. The van der Waals surface area contributed by atoms with E-state index in [0.717, 1.165) is 37.2 Å². The van der Waals surface area contributed by atoms with Gasteiger partial charge in [-0.3, -0.25) is 9.59 Å². The predicted octanol–water partition coefficient (Wildman–Crippen LogP) is 1.32. The zero-order chi connectivity index (χ0) is 15.5. The molecule has 0 saturated carbocycles. The second-order valence-corrected chi connectivity index (χ2v) is 6.00. The van der Waals surface area contributed by atoms with Crippen molar-refractivity contribution < 1.29 is 14.3 Å². The van der Waals surface area contributed by atoms with Crippen molar-refractivity contribution in [3.8, 4) is 5.75 Å². The summed E-state index contributed by atoms with van der Waals surface area (Å²) in [5, 5.41) is 0. The molecule has 1 unspecified atom stereocenters. The number of para-hydroxylation sites is 1. The van der Waals surface area contributed by atoms with E-state index in [9.17, 15) is 9.59 Å². The molecule has 0 N–H and O–H groups in total. The number of rotatable bonds is 1. The molecule has 0 bridgehead atoms. The Bertz CT molecular complexity index is 573. The van der Waals surface area contributed by atoms with Gasteiger partial charge in [-0.05, 0) is 24.5 Å². The third-order valence-electron chi connectivity index (χ3n) is 4.48. The van der Waals surface area contributed by atoms with E-state index in [1.54, 1.807) is 6.92 Å². The van der Waals surface area contributed by atoms with Crippen LogP contribution >= 0.6 is 0 Å². The van der Waals surface area contributed by atoms with Crippen molar-refractivity contribution in [2.24, 2.45) is 5.92 Å². The lowest BCUT2D eigenvalue weighted by Crippen LogP contribution is -2.42. The summed E-state index contributed by atoms with van der Waals surface area (Å²) in [4.78, 5) is 27.9. The van der Waals surface area contributed by atoms with Crippen LogP contribution in [0.5, 0.6) is 5.75 Å². The minimum Gasteiger partial charge on any atom is -0.492 e. The molecule has 0 aliphatic carbocycles. The summed E-state index contributed by atoms with van der Waals surface area (Å²) in [5.41, 5.74) is 1.10. The van der Waals surface area contributed by atoms with E-state index in [4.69, 9.17) is 4.74 Å². The Hall–Kier alpha value is -2.04. The van der Waals surface area contributed by atoms with Crippen molar-refractivity contribution in [1.29, 1.82) is 0 Å². The van der Waals surface area contributed by atoms with E-state index in [1.165, 1.54) is 0 Å². The fourth-order valence-corrected chi connectivity index (χ4v) is 3.20. The fourth-order valence-electron chi connectivity index (χ4n) is 3.20. The highest BCUT2D eigenvalue weighted by molar-refractivity contribution is 5.80. The van der Waals surface area contributed by atoms with Crippen LogP contribution in [-0.2, 0) is 16.0 Å². The highest BCUT2D eigenvalue weighted by Crippen LogP contribution is 2.27. The Morgan fingerprint density at radius 1 is 1.09 bits per heavy atom. The van der Waals surface area contributed by atoms with Gasteiger partial charge in [-0.1, -0.05) is 18.2 Å². The molecule has 2 amide bonds. The molecule has 2 aliphatic heterocycles. The van der Waals surface area contributed by atoms with Gasteiger partial charge in [0.05, 0.1) is 5.92 Å². The lowest BCUT2D eigenvalue weighted by Gasteiger charge is -2.29. The third-order valence-corrected chi connectivity index (χ3v) is 4.48. The number of carbonyl (C=O) groups is 2. The molecule has 118 valence electrons. The molecule has 1 fully saturated rings. The molecular weight excluding hydrogens is 280 g/mol. The normalized spacial score (nSPS) is 21.6. The van der Waals surface area contributed by atoms with Crippen molar-refractivity contribution >= 4 is 11.8 Å². The van der Waals surface area contributed by atoms with E-state index in [1.807, 2.05) is 34.1 Å². The first kappa shape index (κ1) is 14.9. The van der Waals surface area contributed by atoms with Gasteiger partial charge in [-0.2, -0.15) is 0 Å². The number of hydrogen-bond acceptors (Lipinski definition) is 3. The maximum atomic E-state index is 12.7. The smallest absolute Gasteiger partial charge is 0.229 e. The first-order chi connectivity index (χ1) is 10.6. The molecule has 0 spiro atoms. The van der Waals surface area contributed by atoms with Crippen LogP contribution in [0.15, 0.2) is 24.3 Å². The third kappa shape index (κ3) is 3.08. The van der Waals surface area contributed by atoms with Gasteiger partial charge in [0.25, 0.3) is 0 Å². The molecule has 0 aromatic heterocycles. The van der Waals surface area contributed by atoms with Crippen molar-refractivity contribution in [2.45, 2.75) is 19.8 Å². The van der Waals surface area contributed by atoms with Gasteiger partial charge in [0.1, 0.15) is 12.4 Å². The summed E-state index contributed by atoms with van der Waals surface area (Å²) >= 11 is 0. The first-order valence-electron chi connectivity index (χ1n) is 7.90. The van der Waals surface area contributed by atoms with Crippen molar-refractivity contribution in [1.82, 2.24) is 9.80 Å². The second kappa shape index (κ2) is 6.38. The van der Waals surface area contributed by atoms with Gasteiger partial charge in [0.15, 0.2) is 0 Å². The van der Waals surface area contributed by atoms with Crippen LogP contribution < -0.4 is 4.74 Å². The Balaban J connectivity index is 1.64. The minimum atomic E-state index is -0.112. The van der Waals surface area contributed by atoms with E-state index in [2.05, 4.69) is 0 Å². The molecule has 1 aromatic carbocycles. The van der Waals surface area contributed by atoms with Crippen LogP contribution in [-0.4, -0.2) is 54.4 Å². The Morgan fingerprint density at radius 2 is 1.82 bits per heavy atom. The van der Waals surface area contributed by atoms with Gasteiger partial charge in [-0.15, -0.1) is 0 Å². The van der Waals surface area contributed by atoms with E-state index >= 15 is 0 Å². The lowest BCUT2D eigenvalue weighted by molar-refractivity contribution is -0.137. The van der Waals surface area contributed by atoms with Gasteiger partial charge < -0.3 is 14.5 Å². The molecule has 5 heteroatoms. The summed E-state index contributed by atoms with van der Waals surface area (Å²) in [5.74, 6) is 1.02. The molecule has 2 aliphatic rings. The van der Waals surface area contributed by atoms with Gasteiger partial charge in [0, 0.05) is 33.1 Å². The first-order valence-corrected chi connectivity index (χ1v) is 7.90. The van der Waals surface area contributed by atoms with Crippen LogP contribution in [0.25, 0.3) is 0 Å². The SMILES string of the molecule is CC(=O)N1CCCN(C(=O)C2COc3ccccc3C2)CC1. The monoisotopic (exact) mass is 302 g/mol. The number of benzene rings is 1. The number of carbonyl (C=O) groups excluding carboxylic acids is 2. The number of ether oxygens (including phenoxy) is 1. The van der Waals surface area contributed by atoms with Gasteiger partial charge >= 0.3 is 0 Å². The molecule has 22 heavy (non-hydrogen) atoms. The standard InChI is InChI=1S/C17H22N2O3/c1-13(20)18-7-4-8-19(10-9-18)17(21)15-11-14-5-2-3-6-16(14)22-12-15/h2-3,5-6,15H,4,7-12H2,1H3. The topological polar surface area (TPSA) is 49.9 Å². The van der Waals surface area contributed by atoms with Crippen molar-refractivity contribution in [3.05, 3.63) is 29.8 Å². The zero-order valence-corrected chi connectivity index (χ0v) is 13.0. The van der Waals surface area contributed by atoms with Crippen LogP contribution in [0, 0.1) is 5.92 Å². The van der Waals surface area contributed by atoms with E-state index in [-0.39, 0.29) is 17.7 Å². The molecule has 1 saturated heterocycles. The van der Waals surface area contributed by atoms with Crippen molar-refractivity contribution in [2.75, 3.05) is 32.8 Å². The number of amides is 2. The van der Waals surface area contributed by atoms with Gasteiger partial charge in [-0.25, -0.2) is 0 Å². The highest BCUT2D eigenvalue weighted by atomic mass is 16.5. The summed E-state index contributed by atoms with van der Waals surface area (Å²) in [6.45, 7) is 4.75. The Labute approximate surface area is 130 Å². The Morgan fingerprint density at radius 3 is 2.64 bits per heavy atom. The van der Waals surface area contributed by atoms with E-state index < -0.39 is 0 Å². The quantitative estimate of drug-likeness (QED) is 0.786. The lowest BCUT2D eigenvalue weighted by atomic mass is 9.95. The summed E-state index contributed by atoms with van der Waals surface area (Å²) in [6, 6.07) is 7.90. The summed E-state index contributed by atoms with van der Waals surface area (Å²) < 4.78 is 5.73. The molecule has 1 aromatic rings. The van der Waals surface area contributed by atoms with Gasteiger partial charge in [0.2, 0.25) is 11.8 Å². The van der Waals surface area contributed by atoms with E-state index in [0.29, 0.717) is 19.7 Å². The van der Waals surface area contributed by atoms with Crippen molar-refractivity contribution in [3.63, 3.8) is 0 Å². The predicted molar refractivity (Wildman–Crippen MR) is 82.6 cm³/mol. The number of nitrogens with zero attached hydrogens (tertiary/aromatic N) is 2. The maximum absolute atomic E-state index is 12.7. The molecule has 3 rings (SSSR count). The fraction of sp³-hybridized carbons (Fsp3) is 0.529. The molecule has 0 radical (unpaired) electrons. The minimum absolute atomic E-state index is 0.0872. The number of hydrogen-bond donors (Lipinski definition) is 0. The second-order valence-electron chi connectivity index (χ2n) is 6.00.